The predicted octanol–water partition coefficient (Wildman–Crippen LogP) is 1.83. The van der Waals surface area contributed by atoms with Gasteiger partial charge in [-0.3, -0.25) is 4.79 Å². The van der Waals surface area contributed by atoms with Crippen molar-refractivity contribution in [2.24, 2.45) is 5.92 Å². The van der Waals surface area contributed by atoms with Crippen LogP contribution in [0.15, 0.2) is 22.8 Å². The Morgan fingerprint density at radius 1 is 1.56 bits per heavy atom. The van der Waals surface area contributed by atoms with Crippen LogP contribution in [0.3, 0.4) is 0 Å². The molecule has 96 valence electrons. The second kappa shape index (κ2) is 5.48. The molecule has 0 aromatic carbocycles. The van der Waals surface area contributed by atoms with Gasteiger partial charge in [-0.15, -0.1) is 0 Å². The van der Waals surface area contributed by atoms with Crippen LogP contribution in [-0.4, -0.2) is 28.0 Å². The van der Waals surface area contributed by atoms with Crippen molar-refractivity contribution in [3.8, 4) is 0 Å². The van der Waals surface area contributed by atoms with E-state index in [2.05, 4.69) is 26.2 Å². The van der Waals surface area contributed by atoms with E-state index in [9.17, 15) is 9.59 Å². The Morgan fingerprint density at radius 3 is 2.83 bits per heavy atom. The van der Waals surface area contributed by atoms with Gasteiger partial charge in [-0.05, 0) is 40.4 Å². The van der Waals surface area contributed by atoms with E-state index in [1.165, 1.54) is 6.20 Å². The molecule has 1 fully saturated rings. The first-order valence-corrected chi connectivity index (χ1v) is 6.51. The molecular formula is C12H13BrN2O3. The number of rotatable bonds is 5. The van der Waals surface area contributed by atoms with Gasteiger partial charge in [0.15, 0.2) is 0 Å². The Kier molecular flexibility index (Phi) is 3.96. The molecule has 0 bridgehead atoms. The molecule has 0 aliphatic heterocycles. The minimum absolute atomic E-state index is 0.208. The fourth-order valence-electron chi connectivity index (χ4n) is 1.69. The number of pyridine rings is 1. The number of carbonyl (C=O) groups is 2. The lowest BCUT2D eigenvalue weighted by Gasteiger charge is -2.14. The predicted molar refractivity (Wildman–Crippen MR) is 68.2 cm³/mol. The molecule has 18 heavy (non-hydrogen) atoms. The van der Waals surface area contributed by atoms with E-state index in [0.29, 0.717) is 16.8 Å². The average molecular weight is 313 g/mol. The molecule has 1 aliphatic rings. The summed E-state index contributed by atoms with van der Waals surface area (Å²) in [5.74, 6) is -1.03. The highest BCUT2D eigenvalue weighted by molar-refractivity contribution is 9.10. The SMILES string of the molecule is O=C(NC(CC1CC1)C(=O)O)c1ncccc1Br. The molecule has 1 saturated carbocycles. The first kappa shape index (κ1) is 13.0. The monoisotopic (exact) mass is 312 g/mol. The van der Waals surface area contributed by atoms with Gasteiger partial charge in [0.2, 0.25) is 0 Å². The number of carboxylic acids is 1. The summed E-state index contributed by atoms with van der Waals surface area (Å²) >= 11 is 3.22. The average Bonchev–Trinajstić information content (AvgIpc) is 3.12. The van der Waals surface area contributed by atoms with Crippen LogP contribution < -0.4 is 5.32 Å². The van der Waals surface area contributed by atoms with Crippen molar-refractivity contribution in [2.75, 3.05) is 0 Å². The fourth-order valence-corrected chi connectivity index (χ4v) is 2.12. The Morgan fingerprint density at radius 2 is 2.28 bits per heavy atom. The Labute approximate surface area is 113 Å². The zero-order valence-electron chi connectivity index (χ0n) is 9.60. The lowest BCUT2D eigenvalue weighted by Crippen LogP contribution is -2.41. The Hall–Kier alpha value is -1.43. The van der Waals surface area contributed by atoms with Gasteiger partial charge in [-0.25, -0.2) is 9.78 Å². The van der Waals surface area contributed by atoms with Crippen LogP contribution in [-0.2, 0) is 4.79 Å². The maximum absolute atomic E-state index is 11.9. The topological polar surface area (TPSA) is 79.3 Å². The summed E-state index contributed by atoms with van der Waals surface area (Å²) in [6.07, 6.45) is 4.09. The third-order valence-corrected chi connectivity index (χ3v) is 3.48. The number of carboxylic acid groups (broad SMARTS) is 1. The third kappa shape index (κ3) is 3.29. The highest BCUT2D eigenvalue weighted by Crippen LogP contribution is 2.33. The third-order valence-electron chi connectivity index (χ3n) is 2.84. The summed E-state index contributed by atoms with van der Waals surface area (Å²) in [6, 6.07) is 2.55. The summed E-state index contributed by atoms with van der Waals surface area (Å²) in [5.41, 5.74) is 0.208. The number of hydrogen-bond acceptors (Lipinski definition) is 3. The minimum atomic E-state index is -0.998. The number of amides is 1. The van der Waals surface area contributed by atoms with Crippen LogP contribution in [0.25, 0.3) is 0 Å². The van der Waals surface area contributed by atoms with Gasteiger partial charge in [0.25, 0.3) is 5.91 Å². The number of aromatic nitrogens is 1. The normalized spacial score (nSPS) is 16.1. The van der Waals surface area contributed by atoms with Crippen molar-refractivity contribution in [1.29, 1.82) is 0 Å². The second-order valence-electron chi connectivity index (χ2n) is 4.38. The molecule has 5 nitrogen and oxygen atoms in total. The van der Waals surface area contributed by atoms with Gasteiger partial charge in [-0.2, -0.15) is 0 Å². The first-order valence-electron chi connectivity index (χ1n) is 5.72. The van der Waals surface area contributed by atoms with Crippen LogP contribution in [0, 0.1) is 5.92 Å². The fraction of sp³-hybridized carbons (Fsp3) is 0.417. The molecular weight excluding hydrogens is 300 g/mol. The van der Waals surface area contributed by atoms with Crippen LogP contribution in [0.5, 0.6) is 0 Å². The molecule has 2 rings (SSSR count). The number of aliphatic carboxylic acids is 1. The molecule has 1 aromatic rings. The molecule has 0 saturated heterocycles. The van der Waals surface area contributed by atoms with Crippen molar-refractivity contribution in [2.45, 2.75) is 25.3 Å². The van der Waals surface area contributed by atoms with Crippen LogP contribution in [0.1, 0.15) is 29.8 Å². The highest BCUT2D eigenvalue weighted by atomic mass is 79.9. The molecule has 0 radical (unpaired) electrons. The molecule has 1 aliphatic carbocycles. The van der Waals surface area contributed by atoms with Gasteiger partial charge < -0.3 is 10.4 Å². The highest BCUT2D eigenvalue weighted by Gasteiger charge is 2.30. The van der Waals surface area contributed by atoms with Crippen LogP contribution in [0.2, 0.25) is 0 Å². The van der Waals surface area contributed by atoms with Crippen LogP contribution in [0.4, 0.5) is 0 Å². The van der Waals surface area contributed by atoms with Gasteiger partial charge in [-0.1, -0.05) is 12.8 Å². The summed E-state index contributed by atoms with van der Waals surface area (Å²) in [7, 11) is 0. The molecule has 0 spiro atoms. The van der Waals surface area contributed by atoms with Crippen molar-refractivity contribution in [3.63, 3.8) is 0 Å². The van der Waals surface area contributed by atoms with Gasteiger partial charge in [0.05, 0.1) is 0 Å². The second-order valence-corrected chi connectivity index (χ2v) is 5.23. The molecule has 1 aromatic heterocycles. The smallest absolute Gasteiger partial charge is 0.326 e. The zero-order valence-corrected chi connectivity index (χ0v) is 11.2. The summed E-state index contributed by atoms with van der Waals surface area (Å²) in [6.45, 7) is 0. The number of halogens is 1. The van der Waals surface area contributed by atoms with Crippen molar-refractivity contribution < 1.29 is 14.7 Å². The maximum Gasteiger partial charge on any atom is 0.326 e. The number of carbonyl (C=O) groups excluding carboxylic acids is 1. The zero-order chi connectivity index (χ0) is 13.1. The van der Waals surface area contributed by atoms with Crippen molar-refractivity contribution >= 4 is 27.8 Å². The Bertz CT molecular complexity index is 474. The lowest BCUT2D eigenvalue weighted by molar-refractivity contribution is -0.139. The molecule has 6 heteroatoms. The van der Waals surface area contributed by atoms with E-state index in [1.807, 2.05) is 0 Å². The number of nitrogens with one attached hydrogen (secondary N) is 1. The van der Waals surface area contributed by atoms with Gasteiger partial charge in [0.1, 0.15) is 11.7 Å². The maximum atomic E-state index is 11.9. The van der Waals surface area contributed by atoms with Crippen LogP contribution >= 0.6 is 15.9 Å². The minimum Gasteiger partial charge on any atom is -0.480 e. The molecule has 2 N–H and O–H groups in total. The van der Waals surface area contributed by atoms with E-state index in [-0.39, 0.29) is 5.69 Å². The standard InChI is InChI=1S/C12H13BrN2O3/c13-8-2-1-5-14-10(8)11(16)15-9(12(17)18)6-7-3-4-7/h1-2,5,7,9H,3-4,6H2,(H,15,16)(H,17,18). The molecule has 1 heterocycles. The van der Waals surface area contributed by atoms with E-state index >= 15 is 0 Å². The lowest BCUT2D eigenvalue weighted by atomic mass is 10.1. The van der Waals surface area contributed by atoms with E-state index in [4.69, 9.17) is 5.11 Å². The number of nitrogens with zero attached hydrogens (tertiary/aromatic N) is 1. The Balaban J connectivity index is 2.04. The first-order chi connectivity index (χ1) is 8.58. The largest absolute Gasteiger partial charge is 0.480 e. The summed E-state index contributed by atoms with van der Waals surface area (Å²) < 4.78 is 0.554. The quantitative estimate of drug-likeness (QED) is 0.869. The van der Waals surface area contributed by atoms with E-state index in [0.717, 1.165) is 12.8 Å². The molecule has 1 atom stereocenters. The van der Waals surface area contributed by atoms with E-state index in [1.54, 1.807) is 12.1 Å². The molecule has 1 amide bonds. The summed E-state index contributed by atoms with van der Waals surface area (Å²) in [5, 5.41) is 11.6. The van der Waals surface area contributed by atoms with Crippen molar-refractivity contribution in [3.05, 3.63) is 28.5 Å². The number of hydrogen-bond donors (Lipinski definition) is 2. The van der Waals surface area contributed by atoms with E-state index < -0.39 is 17.9 Å². The van der Waals surface area contributed by atoms with Crippen molar-refractivity contribution in [1.82, 2.24) is 10.3 Å². The molecule has 1 unspecified atom stereocenters. The van der Waals surface area contributed by atoms with Gasteiger partial charge >= 0.3 is 5.97 Å². The van der Waals surface area contributed by atoms with Gasteiger partial charge in [0, 0.05) is 10.7 Å². The summed E-state index contributed by atoms with van der Waals surface area (Å²) in [4.78, 5) is 26.9.